The molecule has 0 amide bonds. The van der Waals surface area contributed by atoms with Gasteiger partial charge >= 0.3 is 17.9 Å². The van der Waals surface area contributed by atoms with E-state index in [0.29, 0.717) is 12.8 Å². The molecule has 1 rings (SSSR count). The number of esters is 3. The van der Waals surface area contributed by atoms with Crippen LogP contribution in [0.4, 0.5) is 0 Å². The van der Waals surface area contributed by atoms with E-state index in [0.717, 1.165) is 12.2 Å². The van der Waals surface area contributed by atoms with Crippen molar-refractivity contribution in [2.45, 2.75) is 19.3 Å². The number of carbonyl (C=O) groups excluding carboxylic acids is 3. The lowest BCUT2D eigenvalue weighted by Gasteiger charge is -2.06. The highest BCUT2D eigenvalue weighted by molar-refractivity contribution is 5.91. The van der Waals surface area contributed by atoms with Crippen LogP contribution in [0, 0.1) is 0 Å². The summed E-state index contributed by atoms with van der Waals surface area (Å²) in [6, 6.07) is 6.17. The van der Waals surface area contributed by atoms with Gasteiger partial charge in [0, 0.05) is 18.6 Å². The first-order valence-corrected chi connectivity index (χ1v) is 6.94. The van der Waals surface area contributed by atoms with Gasteiger partial charge in [0.05, 0.1) is 13.7 Å². The summed E-state index contributed by atoms with van der Waals surface area (Å²) in [6.45, 7) is 0.119. The van der Waals surface area contributed by atoms with Gasteiger partial charge in [0.2, 0.25) is 0 Å². The lowest BCUT2D eigenvalue weighted by Crippen LogP contribution is -2.09. The maximum atomic E-state index is 11.6. The Kier molecular flexibility index (Phi) is 7.91. The molecular formula is C16H18O7. The number of unbranched alkanes of at least 4 members (excludes halogenated alkanes) is 1. The van der Waals surface area contributed by atoms with Gasteiger partial charge in [-0.15, -0.1) is 0 Å². The van der Waals surface area contributed by atoms with E-state index in [1.807, 2.05) is 0 Å². The zero-order valence-electron chi connectivity index (χ0n) is 12.7. The molecule has 1 N–H and O–H groups in total. The zero-order valence-corrected chi connectivity index (χ0v) is 12.7. The molecule has 0 aliphatic heterocycles. The van der Waals surface area contributed by atoms with Crippen LogP contribution in [0.15, 0.2) is 36.4 Å². The average Bonchev–Trinajstić information content (AvgIpc) is 2.54. The quantitative estimate of drug-likeness (QED) is 0.337. The molecule has 0 aromatic heterocycles. The summed E-state index contributed by atoms with van der Waals surface area (Å²) in [7, 11) is 1.20. The first-order valence-electron chi connectivity index (χ1n) is 6.94. The van der Waals surface area contributed by atoms with Crippen LogP contribution >= 0.6 is 0 Å². The minimum atomic E-state index is -0.660. The Balaban J connectivity index is 2.16. The molecule has 0 aliphatic carbocycles. The molecule has 0 saturated carbocycles. The molecule has 0 fully saturated rings. The average molecular weight is 322 g/mol. The Morgan fingerprint density at radius 2 is 1.78 bits per heavy atom. The largest absolute Gasteiger partial charge is 0.504 e. The summed E-state index contributed by atoms with van der Waals surface area (Å²) >= 11 is 0. The molecule has 7 nitrogen and oxygen atoms in total. The number of carbonyl (C=O) groups is 3. The Morgan fingerprint density at radius 3 is 2.48 bits per heavy atom. The molecule has 0 unspecified atom stereocenters. The van der Waals surface area contributed by atoms with Gasteiger partial charge < -0.3 is 19.3 Å². The van der Waals surface area contributed by atoms with E-state index in [2.05, 4.69) is 4.74 Å². The number of aromatic hydroxyl groups is 1. The Hall–Kier alpha value is -2.83. The fraction of sp³-hybridized carbons (Fsp3) is 0.312. The fourth-order valence-corrected chi connectivity index (χ4v) is 1.51. The zero-order chi connectivity index (χ0) is 17.1. The number of hydrogen-bond donors (Lipinski definition) is 1. The van der Waals surface area contributed by atoms with Crippen LogP contribution in [0.3, 0.4) is 0 Å². The van der Waals surface area contributed by atoms with Gasteiger partial charge in [-0.3, -0.25) is 4.79 Å². The molecule has 23 heavy (non-hydrogen) atoms. The van der Waals surface area contributed by atoms with Crippen molar-refractivity contribution in [3.8, 4) is 11.5 Å². The molecule has 0 radical (unpaired) electrons. The Morgan fingerprint density at radius 1 is 1.09 bits per heavy atom. The fourth-order valence-electron chi connectivity index (χ4n) is 1.51. The van der Waals surface area contributed by atoms with Crippen LogP contribution in [-0.2, 0) is 23.9 Å². The van der Waals surface area contributed by atoms with Gasteiger partial charge in [-0.05, 0) is 25.0 Å². The Bertz CT molecular complexity index is 578. The van der Waals surface area contributed by atoms with E-state index in [1.54, 1.807) is 12.1 Å². The third-order valence-electron chi connectivity index (χ3n) is 2.67. The van der Waals surface area contributed by atoms with Crippen LogP contribution in [0.2, 0.25) is 0 Å². The second-order valence-electron chi connectivity index (χ2n) is 4.42. The molecule has 1 aromatic carbocycles. The molecule has 124 valence electrons. The van der Waals surface area contributed by atoms with E-state index >= 15 is 0 Å². The lowest BCUT2D eigenvalue weighted by atomic mass is 10.2. The van der Waals surface area contributed by atoms with Gasteiger partial charge in [-0.25, -0.2) is 9.59 Å². The minimum absolute atomic E-state index is 0.104. The van der Waals surface area contributed by atoms with Crippen molar-refractivity contribution in [2.24, 2.45) is 0 Å². The van der Waals surface area contributed by atoms with Gasteiger partial charge in [0.1, 0.15) is 0 Å². The number of benzene rings is 1. The second kappa shape index (κ2) is 9.99. The number of ether oxygens (including phenoxy) is 3. The summed E-state index contributed by atoms with van der Waals surface area (Å²) in [4.78, 5) is 33.5. The summed E-state index contributed by atoms with van der Waals surface area (Å²) < 4.78 is 14.1. The Labute approximate surface area is 133 Å². The molecule has 1 aromatic rings. The maximum absolute atomic E-state index is 11.6. The highest BCUT2D eigenvalue weighted by Gasteiger charge is 2.08. The van der Waals surface area contributed by atoms with Crippen molar-refractivity contribution < 1.29 is 33.7 Å². The smallest absolute Gasteiger partial charge is 0.331 e. The molecule has 0 saturated heterocycles. The number of hydrogen-bond acceptors (Lipinski definition) is 7. The summed E-state index contributed by atoms with van der Waals surface area (Å²) in [5.74, 6) is -1.78. The molecule has 0 atom stereocenters. The van der Waals surface area contributed by atoms with Crippen LogP contribution in [-0.4, -0.2) is 36.7 Å². The van der Waals surface area contributed by atoms with Gasteiger partial charge in [-0.2, -0.15) is 0 Å². The van der Waals surface area contributed by atoms with Gasteiger partial charge in [0.25, 0.3) is 0 Å². The third-order valence-corrected chi connectivity index (χ3v) is 2.67. The second-order valence-corrected chi connectivity index (χ2v) is 4.42. The predicted molar refractivity (Wildman–Crippen MR) is 79.7 cm³/mol. The third kappa shape index (κ3) is 7.66. The normalized spacial score (nSPS) is 10.3. The topological polar surface area (TPSA) is 99.1 Å². The van der Waals surface area contributed by atoms with Crippen molar-refractivity contribution in [2.75, 3.05) is 13.7 Å². The van der Waals surface area contributed by atoms with Crippen LogP contribution in [0.5, 0.6) is 11.5 Å². The monoisotopic (exact) mass is 322 g/mol. The number of phenols is 1. The molecule has 0 spiro atoms. The minimum Gasteiger partial charge on any atom is -0.504 e. The van der Waals surface area contributed by atoms with E-state index < -0.39 is 17.9 Å². The van der Waals surface area contributed by atoms with Gasteiger partial charge in [0.15, 0.2) is 11.5 Å². The summed E-state index contributed by atoms with van der Waals surface area (Å²) in [5.41, 5.74) is 0. The predicted octanol–water partition coefficient (Wildman–Crippen LogP) is 1.74. The van der Waals surface area contributed by atoms with Gasteiger partial charge in [-0.1, -0.05) is 12.1 Å². The number of methoxy groups -OCH3 is 1. The highest BCUT2D eigenvalue weighted by atomic mass is 16.5. The first kappa shape index (κ1) is 18.2. The first-order chi connectivity index (χ1) is 11.0. The molecule has 0 bridgehead atoms. The standard InChI is InChI=1S/C16H18O7/c1-21-14(18)9-10-15(19)22-11-5-4-8-16(20)23-13-7-3-2-6-12(13)17/h2-3,6-7,9-10,17H,4-5,8,11H2,1H3/b10-9+. The van der Waals surface area contributed by atoms with E-state index in [1.165, 1.54) is 19.2 Å². The van der Waals surface area contributed by atoms with Crippen LogP contribution in [0.25, 0.3) is 0 Å². The highest BCUT2D eigenvalue weighted by Crippen LogP contribution is 2.24. The van der Waals surface area contributed by atoms with Crippen LogP contribution in [0.1, 0.15) is 19.3 Å². The molecule has 0 aliphatic rings. The molecule has 7 heteroatoms. The molecular weight excluding hydrogens is 304 g/mol. The van der Waals surface area contributed by atoms with Crippen molar-refractivity contribution in [1.82, 2.24) is 0 Å². The van der Waals surface area contributed by atoms with Crippen molar-refractivity contribution >= 4 is 17.9 Å². The number of rotatable bonds is 8. The van der Waals surface area contributed by atoms with E-state index in [4.69, 9.17) is 9.47 Å². The van der Waals surface area contributed by atoms with Crippen molar-refractivity contribution in [3.05, 3.63) is 36.4 Å². The number of para-hydroxylation sites is 2. The summed E-state index contributed by atoms with van der Waals surface area (Å²) in [5, 5.41) is 9.46. The summed E-state index contributed by atoms with van der Waals surface area (Å²) in [6.07, 6.45) is 2.99. The van der Waals surface area contributed by atoms with E-state index in [9.17, 15) is 19.5 Å². The SMILES string of the molecule is COC(=O)/C=C/C(=O)OCCCCC(=O)Oc1ccccc1O. The molecule has 0 heterocycles. The van der Waals surface area contributed by atoms with E-state index in [-0.39, 0.29) is 24.5 Å². The maximum Gasteiger partial charge on any atom is 0.331 e. The lowest BCUT2D eigenvalue weighted by molar-refractivity contribution is -0.139. The van der Waals surface area contributed by atoms with Crippen molar-refractivity contribution in [3.63, 3.8) is 0 Å². The number of phenolic OH excluding ortho intramolecular Hbond substituents is 1. The van der Waals surface area contributed by atoms with Crippen LogP contribution < -0.4 is 4.74 Å². The van der Waals surface area contributed by atoms with Crippen molar-refractivity contribution in [1.29, 1.82) is 0 Å².